The van der Waals surface area contributed by atoms with Gasteiger partial charge in [0.05, 0.1) is 11.7 Å². The SMILES string of the molecule is Cc1cnn(CC2CN(c3ccc4cc(Cl)ccc4n3)C2)c1. The highest BCUT2D eigenvalue weighted by atomic mass is 35.5. The maximum atomic E-state index is 6.01. The summed E-state index contributed by atoms with van der Waals surface area (Å²) in [6.45, 7) is 5.12. The molecule has 0 spiro atoms. The van der Waals surface area contributed by atoms with E-state index in [1.807, 2.05) is 29.1 Å². The Hall–Kier alpha value is -2.07. The van der Waals surface area contributed by atoms with Gasteiger partial charge >= 0.3 is 0 Å². The van der Waals surface area contributed by atoms with Gasteiger partial charge in [-0.3, -0.25) is 4.68 Å². The number of rotatable bonds is 3. The Balaban J connectivity index is 1.45. The van der Waals surface area contributed by atoms with Gasteiger partial charge in [0.1, 0.15) is 5.82 Å². The molecule has 22 heavy (non-hydrogen) atoms. The van der Waals surface area contributed by atoms with E-state index in [1.165, 1.54) is 5.56 Å². The summed E-state index contributed by atoms with van der Waals surface area (Å²) >= 11 is 6.01. The minimum atomic E-state index is 0.641. The molecule has 2 aromatic heterocycles. The first-order valence-corrected chi connectivity index (χ1v) is 7.85. The molecule has 1 fully saturated rings. The summed E-state index contributed by atoms with van der Waals surface area (Å²) in [4.78, 5) is 7.04. The highest BCUT2D eigenvalue weighted by Gasteiger charge is 2.28. The topological polar surface area (TPSA) is 34.0 Å². The molecule has 0 aliphatic carbocycles. The largest absolute Gasteiger partial charge is 0.356 e. The summed E-state index contributed by atoms with van der Waals surface area (Å²) in [5.41, 5.74) is 2.21. The molecule has 0 unspecified atom stereocenters. The lowest BCUT2D eigenvalue weighted by atomic mass is 10.0. The molecule has 0 radical (unpaired) electrons. The van der Waals surface area contributed by atoms with Crippen LogP contribution in [0.3, 0.4) is 0 Å². The van der Waals surface area contributed by atoms with Gasteiger partial charge in [-0.05, 0) is 42.8 Å². The van der Waals surface area contributed by atoms with E-state index in [1.54, 1.807) is 0 Å². The number of hydrogen-bond acceptors (Lipinski definition) is 3. The van der Waals surface area contributed by atoms with E-state index < -0.39 is 0 Å². The van der Waals surface area contributed by atoms with Gasteiger partial charge in [0, 0.05) is 42.2 Å². The summed E-state index contributed by atoms with van der Waals surface area (Å²) in [6, 6.07) is 9.98. The van der Waals surface area contributed by atoms with Gasteiger partial charge in [-0.2, -0.15) is 5.10 Å². The molecular formula is C17H17ClN4. The molecule has 1 aliphatic rings. The Bertz CT molecular complexity index is 820. The summed E-state index contributed by atoms with van der Waals surface area (Å²) in [6.07, 6.45) is 4.01. The number of anilines is 1. The van der Waals surface area contributed by atoms with Gasteiger partial charge in [-0.15, -0.1) is 0 Å². The molecule has 0 atom stereocenters. The molecule has 5 heteroatoms. The van der Waals surface area contributed by atoms with Crippen LogP contribution in [0.2, 0.25) is 5.02 Å². The normalized spacial score (nSPS) is 15.3. The molecule has 0 amide bonds. The van der Waals surface area contributed by atoms with Crippen LogP contribution in [0, 0.1) is 12.8 Å². The monoisotopic (exact) mass is 312 g/mol. The van der Waals surface area contributed by atoms with Crippen molar-refractivity contribution in [3.63, 3.8) is 0 Å². The standard InChI is InChI=1S/C17H17ClN4/c1-12-7-19-22(8-12)11-13-9-21(10-13)17-5-2-14-6-15(18)3-4-16(14)20-17/h2-8,13H,9-11H2,1H3. The van der Waals surface area contributed by atoms with Crippen molar-refractivity contribution < 1.29 is 0 Å². The van der Waals surface area contributed by atoms with Crippen LogP contribution >= 0.6 is 11.6 Å². The van der Waals surface area contributed by atoms with Crippen molar-refractivity contribution in [1.29, 1.82) is 0 Å². The third-order valence-electron chi connectivity index (χ3n) is 4.13. The lowest BCUT2D eigenvalue weighted by Crippen LogP contribution is -2.49. The molecule has 4 nitrogen and oxygen atoms in total. The van der Waals surface area contributed by atoms with Crippen molar-refractivity contribution in [2.75, 3.05) is 18.0 Å². The lowest BCUT2D eigenvalue weighted by molar-refractivity contribution is 0.340. The average molecular weight is 313 g/mol. The first-order valence-electron chi connectivity index (χ1n) is 7.48. The Morgan fingerprint density at radius 2 is 2.09 bits per heavy atom. The third kappa shape index (κ3) is 2.55. The summed E-state index contributed by atoms with van der Waals surface area (Å²) in [5, 5.41) is 6.19. The molecule has 1 aromatic carbocycles. The Morgan fingerprint density at radius 3 is 2.86 bits per heavy atom. The van der Waals surface area contributed by atoms with E-state index in [0.717, 1.165) is 41.4 Å². The molecule has 3 heterocycles. The summed E-state index contributed by atoms with van der Waals surface area (Å²) in [7, 11) is 0. The summed E-state index contributed by atoms with van der Waals surface area (Å²) in [5.74, 6) is 1.68. The molecular weight excluding hydrogens is 296 g/mol. The number of nitrogens with zero attached hydrogens (tertiary/aromatic N) is 4. The number of aryl methyl sites for hydroxylation is 1. The molecule has 0 bridgehead atoms. The van der Waals surface area contributed by atoms with Gasteiger partial charge in [-0.25, -0.2) is 4.98 Å². The summed E-state index contributed by atoms with van der Waals surface area (Å²) < 4.78 is 2.03. The zero-order chi connectivity index (χ0) is 15.1. The minimum Gasteiger partial charge on any atom is -0.356 e. The van der Waals surface area contributed by atoms with E-state index >= 15 is 0 Å². The maximum Gasteiger partial charge on any atom is 0.129 e. The zero-order valence-electron chi connectivity index (χ0n) is 12.4. The second-order valence-electron chi connectivity index (χ2n) is 6.02. The van der Waals surface area contributed by atoms with Crippen LogP contribution in [0.5, 0.6) is 0 Å². The highest BCUT2D eigenvalue weighted by Crippen LogP contribution is 2.27. The molecule has 4 rings (SSSR count). The maximum absolute atomic E-state index is 6.01. The lowest BCUT2D eigenvalue weighted by Gasteiger charge is -2.40. The van der Waals surface area contributed by atoms with E-state index in [0.29, 0.717) is 5.92 Å². The van der Waals surface area contributed by atoms with Gasteiger partial charge < -0.3 is 4.90 Å². The van der Waals surface area contributed by atoms with Crippen molar-refractivity contribution >= 4 is 28.3 Å². The van der Waals surface area contributed by atoms with Crippen molar-refractivity contribution in [1.82, 2.24) is 14.8 Å². The van der Waals surface area contributed by atoms with Crippen LogP contribution in [-0.2, 0) is 6.54 Å². The number of halogens is 1. The molecule has 1 saturated heterocycles. The predicted molar refractivity (Wildman–Crippen MR) is 89.4 cm³/mol. The highest BCUT2D eigenvalue weighted by molar-refractivity contribution is 6.31. The van der Waals surface area contributed by atoms with E-state index in [9.17, 15) is 0 Å². The second kappa shape index (κ2) is 5.29. The van der Waals surface area contributed by atoms with Gasteiger partial charge in [0.15, 0.2) is 0 Å². The van der Waals surface area contributed by atoms with Crippen molar-refractivity contribution in [3.05, 3.63) is 53.3 Å². The van der Waals surface area contributed by atoms with Crippen molar-refractivity contribution in [2.45, 2.75) is 13.5 Å². The van der Waals surface area contributed by atoms with Crippen LogP contribution in [0.25, 0.3) is 10.9 Å². The van der Waals surface area contributed by atoms with E-state index in [-0.39, 0.29) is 0 Å². The second-order valence-corrected chi connectivity index (χ2v) is 6.45. The molecule has 112 valence electrons. The van der Waals surface area contributed by atoms with Crippen LogP contribution in [0.1, 0.15) is 5.56 Å². The van der Waals surface area contributed by atoms with E-state index in [4.69, 9.17) is 16.6 Å². The van der Waals surface area contributed by atoms with Crippen LogP contribution in [-0.4, -0.2) is 27.9 Å². The first-order chi connectivity index (χ1) is 10.7. The third-order valence-corrected chi connectivity index (χ3v) is 4.36. The van der Waals surface area contributed by atoms with Gasteiger partial charge in [0.25, 0.3) is 0 Å². The predicted octanol–water partition coefficient (Wildman–Crippen LogP) is 3.53. The number of aromatic nitrogens is 3. The number of hydrogen-bond donors (Lipinski definition) is 0. The smallest absolute Gasteiger partial charge is 0.129 e. The Labute approximate surface area is 134 Å². The fourth-order valence-electron chi connectivity index (χ4n) is 2.97. The quantitative estimate of drug-likeness (QED) is 0.742. The zero-order valence-corrected chi connectivity index (χ0v) is 13.2. The van der Waals surface area contributed by atoms with Crippen LogP contribution in [0.4, 0.5) is 5.82 Å². The fourth-order valence-corrected chi connectivity index (χ4v) is 3.15. The average Bonchev–Trinajstić information content (AvgIpc) is 2.87. The van der Waals surface area contributed by atoms with Gasteiger partial charge in [0.2, 0.25) is 0 Å². The van der Waals surface area contributed by atoms with E-state index in [2.05, 4.69) is 35.3 Å². The molecule has 0 N–H and O–H groups in total. The Morgan fingerprint density at radius 1 is 1.23 bits per heavy atom. The molecule has 3 aromatic rings. The van der Waals surface area contributed by atoms with Crippen molar-refractivity contribution in [2.24, 2.45) is 5.92 Å². The van der Waals surface area contributed by atoms with Crippen molar-refractivity contribution in [3.8, 4) is 0 Å². The molecule has 1 aliphatic heterocycles. The fraction of sp³-hybridized carbons (Fsp3) is 0.294. The van der Waals surface area contributed by atoms with Crippen LogP contribution < -0.4 is 4.90 Å². The van der Waals surface area contributed by atoms with Gasteiger partial charge in [-0.1, -0.05) is 11.6 Å². The first kappa shape index (κ1) is 13.6. The number of fused-ring (bicyclic) bond motifs is 1. The Kier molecular flexibility index (Phi) is 3.26. The molecule has 0 saturated carbocycles. The minimum absolute atomic E-state index is 0.641. The van der Waals surface area contributed by atoms with Crippen LogP contribution in [0.15, 0.2) is 42.7 Å². The number of pyridine rings is 1. The number of benzene rings is 1.